The largest absolute Gasteiger partial charge is 0.478 e. The van der Waals surface area contributed by atoms with Gasteiger partial charge in [0.05, 0.1) is 17.3 Å². The first-order valence-corrected chi connectivity index (χ1v) is 6.53. The lowest BCUT2D eigenvalue weighted by Crippen LogP contribution is -2.46. The van der Waals surface area contributed by atoms with Gasteiger partial charge in [-0.2, -0.15) is 5.10 Å². The fraction of sp³-hybridized carbons (Fsp3) is 0.692. The fourth-order valence-electron chi connectivity index (χ4n) is 3.03. The van der Waals surface area contributed by atoms with Crippen molar-refractivity contribution in [2.45, 2.75) is 50.7 Å². The molecule has 1 spiro atoms. The summed E-state index contributed by atoms with van der Waals surface area (Å²) in [5, 5.41) is 13.4. The molecule has 0 bridgehead atoms. The molecule has 5 heteroatoms. The van der Waals surface area contributed by atoms with Gasteiger partial charge in [-0.25, -0.2) is 4.79 Å². The molecular formula is C13H18N2O3. The van der Waals surface area contributed by atoms with Crippen molar-refractivity contribution in [3.05, 3.63) is 17.5 Å². The number of aryl methyl sites for hydroxylation is 1. The van der Waals surface area contributed by atoms with Crippen LogP contribution in [0.2, 0.25) is 0 Å². The van der Waals surface area contributed by atoms with Crippen LogP contribution in [0, 0.1) is 6.92 Å². The monoisotopic (exact) mass is 250 g/mol. The number of rotatable bonds is 2. The molecule has 1 saturated carbocycles. The molecule has 18 heavy (non-hydrogen) atoms. The molecule has 3 rings (SSSR count). The second-order valence-electron chi connectivity index (χ2n) is 5.44. The van der Waals surface area contributed by atoms with E-state index in [1.165, 1.54) is 6.42 Å². The van der Waals surface area contributed by atoms with Crippen molar-refractivity contribution < 1.29 is 14.6 Å². The highest BCUT2D eigenvalue weighted by molar-refractivity contribution is 5.88. The number of carbonyl (C=O) groups is 1. The average molecular weight is 250 g/mol. The number of aromatic nitrogens is 2. The Morgan fingerprint density at radius 2 is 2.39 bits per heavy atom. The minimum absolute atomic E-state index is 0.0617. The Morgan fingerprint density at radius 1 is 1.61 bits per heavy atom. The Balaban J connectivity index is 1.81. The molecule has 1 saturated heterocycles. The van der Waals surface area contributed by atoms with Crippen molar-refractivity contribution in [2.24, 2.45) is 0 Å². The first kappa shape index (κ1) is 11.7. The molecule has 1 N–H and O–H groups in total. The van der Waals surface area contributed by atoms with E-state index in [0.29, 0.717) is 11.3 Å². The van der Waals surface area contributed by atoms with Crippen molar-refractivity contribution >= 4 is 5.97 Å². The Kier molecular flexibility index (Phi) is 2.66. The van der Waals surface area contributed by atoms with E-state index in [4.69, 9.17) is 9.84 Å². The van der Waals surface area contributed by atoms with Gasteiger partial charge in [-0.15, -0.1) is 0 Å². The van der Waals surface area contributed by atoms with Gasteiger partial charge in [0.1, 0.15) is 5.56 Å². The molecule has 1 aromatic rings. The van der Waals surface area contributed by atoms with Crippen LogP contribution >= 0.6 is 0 Å². The summed E-state index contributed by atoms with van der Waals surface area (Å²) in [6.45, 7) is 2.50. The molecule has 1 aliphatic carbocycles. The summed E-state index contributed by atoms with van der Waals surface area (Å²) >= 11 is 0. The molecular weight excluding hydrogens is 232 g/mol. The second-order valence-corrected chi connectivity index (χ2v) is 5.44. The Hall–Kier alpha value is -1.36. The molecule has 1 unspecified atom stereocenters. The highest BCUT2D eigenvalue weighted by Crippen LogP contribution is 2.45. The molecule has 2 fully saturated rings. The molecule has 2 heterocycles. The Labute approximate surface area is 106 Å². The summed E-state index contributed by atoms with van der Waals surface area (Å²) in [6, 6.07) is 0.283. The van der Waals surface area contributed by atoms with Crippen molar-refractivity contribution in [1.29, 1.82) is 0 Å². The van der Waals surface area contributed by atoms with Crippen molar-refractivity contribution in [3.63, 3.8) is 0 Å². The summed E-state index contributed by atoms with van der Waals surface area (Å²) < 4.78 is 7.71. The highest BCUT2D eigenvalue weighted by atomic mass is 16.5. The maximum absolute atomic E-state index is 11.0. The lowest BCUT2D eigenvalue weighted by molar-refractivity contribution is -0.141. The number of aromatic carboxylic acids is 1. The Bertz CT molecular complexity index is 477. The molecule has 0 radical (unpaired) electrons. The standard InChI is InChI=1S/C13H18N2O3/c1-9-11(12(16)17)8-15(14-9)10-3-6-18-13(7-10)4-2-5-13/h8,10H,2-7H2,1H3,(H,16,17). The third-order valence-electron chi connectivity index (χ3n) is 4.25. The molecule has 5 nitrogen and oxygen atoms in total. The summed E-state index contributed by atoms with van der Waals surface area (Å²) in [6.07, 6.45) is 7.06. The summed E-state index contributed by atoms with van der Waals surface area (Å²) in [7, 11) is 0. The van der Waals surface area contributed by atoms with Crippen LogP contribution in [0.15, 0.2) is 6.20 Å². The molecule has 1 aliphatic heterocycles. The van der Waals surface area contributed by atoms with Crippen LogP contribution in [0.25, 0.3) is 0 Å². The van der Waals surface area contributed by atoms with Crippen molar-refractivity contribution in [3.8, 4) is 0 Å². The molecule has 98 valence electrons. The fourth-order valence-corrected chi connectivity index (χ4v) is 3.03. The zero-order valence-corrected chi connectivity index (χ0v) is 10.6. The number of nitrogens with zero attached hydrogens (tertiary/aromatic N) is 2. The van der Waals surface area contributed by atoms with Crippen LogP contribution in [0.5, 0.6) is 0 Å². The van der Waals surface area contributed by atoms with Gasteiger partial charge in [0.25, 0.3) is 0 Å². The van der Waals surface area contributed by atoms with Crippen LogP contribution < -0.4 is 0 Å². The van der Waals surface area contributed by atoms with E-state index in [0.717, 1.165) is 32.3 Å². The van der Waals surface area contributed by atoms with Gasteiger partial charge in [0.15, 0.2) is 0 Å². The highest BCUT2D eigenvalue weighted by Gasteiger charge is 2.43. The normalized spacial score (nSPS) is 25.9. The predicted molar refractivity (Wildman–Crippen MR) is 64.7 cm³/mol. The van der Waals surface area contributed by atoms with Crippen LogP contribution in [-0.4, -0.2) is 33.1 Å². The lowest BCUT2D eigenvalue weighted by Gasteiger charge is -2.47. The summed E-state index contributed by atoms with van der Waals surface area (Å²) in [4.78, 5) is 11.0. The Morgan fingerprint density at radius 3 is 2.94 bits per heavy atom. The van der Waals surface area contributed by atoms with E-state index >= 15 is 0 Å². The zero-order chi connectivity index (χ0) is 12.8. The maximum Gasteiger partial charge on any atom is 0.339 e. The molecule has 1 atom stereocenters. The minimum atomic E-state index is -0.899. The number of carboxylic acid groups (broad SMARTS) is 1. The first-order chi connectivity index (χ1) is 8.60. The van der Waals surface area contributed by atoms with E-state index in [1.54, 1.807) is 13.1 Å². The zero-order valence-electron chi connectivity index (χ0n) is 10.6. The van der Waals surface area contributed by atoms with Crippen molar-refractivity contribution in [1.82, 2.24) is 9.78 Å². The quantitative estimate of drug-likeness (QED) is 0.873. The van der Waals surface area contributed by atoms with E-state index in [9.17, 15) is 4.79 Å². The molecule has 2 aliphatic rings. The topological polar surface area (TPSA) is 64.4 Å². The van der Waals surface area contributed by atoms with Gasteiger partial charge >= 0.3 is 5.97 Å². The third-order valence-corrected chi connectivity index (χ3v) is 4.25. The van der Waals surface area contributed by atoms with E-state index in [-0.39, 0.29) is 11.6 Å². The van der Waals surface area contributed by atoms with Crippen LogP contribution in [0.1, 0.15) is 54.2 Å². The van der Waals surface area contributed by atoms with Crippen LogP contribution in [0.4, 0.5) is 0 Å². The van der Waals surface area contributed by atoms with Gasteiger partial charge < -0.3 is 9.84 Å². The molecule has 0 aromatic carbocycles. The lowest BCUT2D eigenvalue weighted by atomic mass is 9.74. The maximum atomic E-state index is 11.0. The summed E-state index contributed by atoms with van der Waals surface area (Å²) in [5.41, 5.74) is 0.965. The number of carboxylic acids is 1. The van der Waals surface area contributed by atoms with Crippen LogP contribution in [0.3, 0.4) is 0 Å². The predicted octanol–water partition coefficient (Wildman–Crippen LogP) is 2.16. The first-order valence-electron chi connectivity index (χ1n) is 6.53. The van der Waals surface area contributed by atoms with Crippen LogP contribution in [-0.2, 0) is 4.74 Å². The number of hydrogen-bond donors (Lipinski definition) is 1. The van der Waals surface area contributed by atoms with Gasteiger partial charge in [0.2, 0.25) is 0 Å². The van der Waals surface area contributed by atoms with Gasteiger partial charge in [-0.1, -0.05) is 0 Å². The van der Waals surface area contributed by atoms with Gasteiger partial charge in [-0.3, -0.25) is 4.68 Å². The summed E-state index contributed by atoms with van der Waals surface area (Å²) in [5.74, 6) is -0.899. The minimum Gasteiger partial charge on any atom is -0.478 e. The SMILES string of the molecule is Cc1nn(C2CCOC3(CCC3)C2)cc1C(=O)O. The van der Waals surface area contributed by atoms with E-state index in [1.807, 2.05) is 4.68 Å². The second kappa shape index (κ2) is 4.09. The van der Waals surface area contributed by atoms with Crippen molar-refractivity contribution in [2.75, 3.05) is 6.61 Å². The van der Waals surface area contributed by atoms with Gasteiger partial charge in [0, 0.05) is 12.8 Å². The smallest absolute Gasteiger partial charge is 0.339 e. The number of hydrogen-bond acceptors (Lipinski definition) is 3. The molecule has 1 aromatic heterocycles. The van der Waals surface area contributed by atoms with Gasteiger partial charge in [-0.05, 0) is 39.0 Å². The number of ether oxygens (including phenoxy) is 1. The van der Waals surface area contributed by atoms with E-state index in [2.05, 4.69) is 5.10 Å². The van der Waals surface area contributed by atoms with E-state index < -0.39 is 5.97 Å². The third kappa shape index (κ3) is 1.82. The molecule has 0 amide bonds. The average Bonchev–Trinajstić information content (AvgIpc) is 2.70.